The maximum absolute atomic E-state index is 12.1. The fourth-order valence-electron chi connectivity index (χ4n) is 1.16. The molecule has 1 aromatic heterocycles. The lowest BCUT2D eigenvalue weighted by Gasteiger charge is -2.13. The minimum Gasteiger partial charge on any atom is -0.496 e. The standard InChI is InChI=1S/C9H8F3NO4/c1-4-3-5(16-2)6(8(14)15)7(13-4)17-9(10,11)12/h3H,1-2H3,(H,14,15). The highest BCUT2D eigenvalue weighted by Crippen LogP contribution is 2.31. The summed E-state index contributed by atoms with van der Waals surface area (Å²) in [5, 5.41) is 8.80. The van der Waals surface area contributed by atoms with Gasteiger partial charge in [-0.2, -0.15) is 0 Å². The third-order valence-electron chi connectivity index (χ3n) is 1.72. The van der Waals surface area contributed by atoms with E-state index in [2.05, 4.69) is 14.5 Å². The number of hydrogen-bond donors (Lipinski definition) is 1. The Morgan fingerprint density at radius 2 is 2.06 bits per heavy atom. The van der Waals surface area contributed by atoms with Crippen LogP contribution < -0.4 is 9.47 Å². The molecule has 0 amide bonds. The first-order valence-electron chi connectivity index (χ1n) is 4.29. The van der Waals surface area contributed by atoms with E-state index >= 15 is 0 Å². The van der Waals surface area contributed by atoms with Crippen LogP contribution >= 0.6 is 0 Å². The Balaban J connectivity index is 3.35. The molecule has 8 heteroatoms. The molecule has 0 aliphatic heterocycles. The minimum absolute atomic E-state index is 0.145. The van der Waals surface area contributed by atoms with E-state index in [1.165, 1.54) is 13.0 Å². The molecule has 0 saturated carbocycles. The number of alkyl halides is 3. The first-order chi connectivity index (χ1) is 7.74. The number of carboxylic acids is 1. The summed E-state index contributed by atoms with van der Waals surface area (Å²) in [4.78, 5) is 14.2. The summed E-state index contributed by atoms with van der Waals surface area (Å²) in [5.41, 5.74) is -0.624. The summed E-state index contributed by atoms with van der Waals surface area (Å²) in [7, 11) is 1.14. The molecule has 0 aromatic carbocycles. The van der Waals surface area contributed by atoms with Crippen LogP contribution in [-0.2, 0) is 0 Å². The van der Waals surface area contributed by atoms with Crippen molar-refractivity contribution in [2.24, 2.45) is 0 Å². The minimum atomic E-state index is -5.02. The van der Waals surface area contributed by atoms with E-state index in [1.54, 1.807) is 0 Å². The summed E-state index contributed by atoms with van der Waals surface area (Å²) < 4.78 is 44.4. The molecule has 1 aromatic rings. The molecule has 0 saturated heterocycles. The van der Waals surface area contributed by atoms with Gasteiger partial charge in [0, 0.05) is 11.8 Å². The van der Waals surface area contributed by atoms with Crippen LogP contribution in [0.2, 0.25) is 0 Å². The van der Waals surface area contributed by atoms with E-state index < -0.39 is 23.8 Å². The molecule has 1 N–H and O–H groups in total. The molecule has 0 aliphatic carbocycles. The van der Waals surface area contributed by atoms with Crippen LogP contribution in [0.1, 0.15) is 16.1 Å². The van der Waals surface area contributed by atoms with Gasteiger partial charge in [-0.25, -0.2) is 9.78 Å². The molecule has 0 fully saturated rings. The molecule has 0 aliphatic rings. The predicted octanol–water partition coefficient (Wildman–Crippen LogP) is 2.00. The van der Waals surface area contributed by atoms with Crippen molar-refractivity contribution in [2.75, 3.05) is 7.11 Å². The van der Waals surface area contributed by atoms with Crippen molar-refractivity contribution in [3.63, 3.8) is 0 Å². The number of aromatic nitrogens is 1. The quantitative estimate of drug-likeness (QED) is 0.889. The monoisotopic (exact) mass is 251 g/mol. The number of rotatable bonds is 3. The van der Waals surface area contributed by atoms with Crippen molar-refractivity contribution in [1.29, 1.82) is 0 Å². The smallest absolute Gasteiger partial charge is 0.496 e. The molecule has 0 radical (unpaired) electrons. The van der Waals surface area contributed by atoms with Gasteiger partial charge < -0.3 is 14.6 Å². The van der Waals surface area contributed by atoms with Crippen LogP contribution in [0.3, 0.4) is 0 Å². The lowest BCUT2D eigenvalue weighted by molar-refractivity contribution is -0.276. The fourth-order valence-corrected chi connectivity index (χ4v) is 1.16. The Labute approximate surface area is 93.8 Å². The van der Waals surface area contributed by atoms with Gasteiger partial charge in [0.05, 0.1) is 7.11 Å². The van der Waals surface area contributed by atoms with Gasteiger partial charge in [0.2, 0.25) is 5.88 Å². The van der Waals surface area contributed by atoms with Gasteiger partial charge in [-0.05, 0) is 6.92 Å². The Bertz CT molecular complexity index is 445. The number of aryl methyl sites for hydroxylation is 1. The Morgan fingerprint density at radius 3 is 2.47 bits per heavy atom. The van der Waals surface area contributed by atoms with Crippen LogP contribution in [0.15, 0.2) is 6.07 Å². The average molecular weight is 251 g/mol. The van der Waals surface area contributed by atoms with Crippen LogP contribution in [0.25, 0.3) is 0 Å². The van der Waals surface area contributed by atoms with Gasteiger partial charge in [0.25, 0.3) is 0 Å². The van der Waals surface area contributed by atoms with Gasteiger partial charge in [-0.1, -0.05) is 0 Å². The van der Waals surface area contributed by atoms with E-state index in [4.69, 9.17) is 5.11 Å². The topological polar surface area (TPSA) is 68.7 Å². The number of carboxylic acid groups (broad SMARTS) is 1. The summed E-state index contributed by atoms with van der Waals surface area (Å²) >= 11 is 0. The van der Waals surface area contributed by atoms with Gasteiger partial charge >= 0.3 is 12.3 Å². The molecule has 1 rings (SSSR count). The average Bonchev–Trinajstić information content (AvgIpc) is 2.12. The predicted molar refractivity (Wildman–Crippen MR) is 49.2 cm³/mol. The number of methoxy groups -OCH3 is 1. The number of aromatic carboxylic acids is 1. The highest BCUT2D eigenvalue weighted by Gasteiger charge is 2.35. The van der Waals surface area contributed by atoms with Crippen molar-refractivity contribution < 1.29 is 32.5 Å². The van der Waals surface area contributed by atoms with Crippen molar-refractivity contribution in [2.45, 2.75) is 13.3 Å². The number of ether oxygens (including phenoxy) is 2. The Kier molecular flexibility index (Phi) is 3.45. The number of hydrogen-bond acceptors (Lipinski definition) is 4. The third kappa shape index (κ3) is 3.23. The van der Waals surface area contributed by atoms with E-state index in [0.29, 0.717) is 0 Å². The number of halogens is 3. The van der Waals surface area contributed by atoms with Gasteiger partial charge in [-0.3, -0.25) is 0 Å². The van der Waals surface area contributed by atoms with E-state index in [-0.39, 0.29) is 11.4 Å². The van der Waals surface area contributed by atoms with Crippen molar-refractivity contribution >= 4 is 5.97 Å². The molecule has 0 unspecified atom stereocenters. The lowest BCUT2D eigenvalue weighted by Crippen LogP contribution is -2.20. The zero-order chi connectivity index (χ0) is 13.2. The van der Waals surface area contributed by atoms with Gasteiger partial charge in [0.15, 0.2) is 5.56 Å². The van der Waals surface area contributed by atoms with E-state index in [1.807, 2.05) is 0 Å². The zero-order valence-electron chi connectivity index (χ0n) is 8.83. The molecule has 17 heavy (non-hydrogen) atoms. The first-order valence-corrected chi connectivity index (χ1v) is 4.29. The highest BCUT2D eigenvalue weighted by molar-refractivity contribution is 5.93. The molecule has 1 heterocycles. The maximum Gasteiger partial charge on any atom is 0.574 e. The van der Waals surface area contributed by atoms with Crippen LogP contribution in [0, 0.1) is 6.92 Å². The van der Waals surface area contributed by atoms with Gasteiger partial charge in [0.1, 0.15) is 5.75 Å². The second kappa shape index (κ2) is 4.48. The number of carbonyl (C=O) groups is 1. The summed E-state index contributed by atoms with van der Waals surface area (Å²) in [6, 6.07) is 1.20. The largest absolute Gasteiger partial charge is 0.574 e. The van der Waals surface area contributed by atoms with Crippen LogP contribution in [-0.4, -0.2) is 29.5 Å². The zero-order valence-corrected chi connectivity index (χ0v) is 8.83. The Morgan fingerprint density at radius 1 is 1.47 bits per heavy atom. The second-order valence-electron chi connectivity index (χ2n) is 3.00. The van der Waals surface area contributed by atoms with Crippen molar-refractivity contribution in [1.82, 2.24) is 4.98 Å². The lowest BCUT2D eigenvalue weighted by atomic mass is 10.2. The molecule has 0 atom stereocenters. The van der Waals surface area contributed by atoms with E-state index in [0.717, 1.165) is 7.11 Å². The van der Waals surface area contributed by atoms with Crippen LogP contribution in [0.4, 0.5) is 13.2 Å². The number of nitrogens with zero attached hydrogens (tertiary/aromatic N) is 1. The Hall–Kier alpha value is -1.99. The van der Waals surface area contributed by atoms with Crippen molar-refractivity contribution in [3.05, 3.63) is 17.3 Å². The molecule has 0 spiro atoms. The summed E-state index contributed by atoms with van der Waals surface area (Å²) in [5.74, 6) is -2.90. The first kappa shape index (κ1) is 13.1. The maximum atomic E-state index is 12.1. The van der Waals surface area contributed by atoms with Crippen LogP contribution in [0.5, 0.6) is 11.6 Å². The molecule has 94 valence electrons. The number of pyridine rings is 1. The third-order valence-corrected chi connectivity index (χ3v) is 1.72. The molecule has 0 bridgehead atoms. The fraction of sp³-hybridized carbons (Fsp3) is 0.333. The summed E-state index contributed by atoms with van der Waals surface area (Å²) in [6.45, 7) is 1.39. The summed E-state index contributed by atoms with van der Waals surface area (Å²) in [6.07, 6.45) is -5.02. The molecular weight excluding hydrogens is 243 g/mol. The van der Waals surface area contributed by atoms with E-state index in [9.17, 15) is 18.0 Å². The van der Waals surface area contributed by atoms with Crippen molar-refractivity contribution in [3.8, 4) is 11.6 Å². The normalized spacial score (nSPS) is 11.1. The SMILES string of the molecule is COc1cc(C)nc(OC(F)(F)F)c1C(=O)O. The highest BCUT2D eigenvalue weighted by atomic mass is 19.4. The second-order valence-corrected chi connectivity index (χ2v) is 3.00. The molecule has 5 nitrogen and oxygen atoms in total. The van der Waals surface area contributed by atoms with Gasteiger partial charge in [-0.15, -0.1) is 13.2 Å². The molecular formula is C9H8F3NO4.